The molecule has 0 radical (unpaired) electrons. The van der Waals surface area contributed by atoms with E-state index in [0.717, 1.165) is 37.5 Å². The summed E-state index contributed by atoms with van der Waals surface area (Å²) >= 11 is 1.60. The number of likely N-dealkylation sites (tertiary alicyclic amines) is 1. The Morgan fingerprint density at radius 1 is 1.09 bits per heavy atom. The molecule has 1 aromatic heterocycles. The molecule has 2 aliphatic heterocycles. The van der Waals surface area contributed by atoms with Crippen LogP contribution in [0.1, 0.15) is 33.1 Å². The summed E-state index contributed by atoms with van der Waals surface area (Å²) in [5.74, 6) is -0.670. The first kappa shape index (κ1) is 16.2. The Labute approximate surface area is 141 Å². The average Bonchev–Trinajstić information content (AvgIpc) is 3.08. The SMILES string of the molecule is C[C@H]1CCC[C@H](C)N1C(=O)C(=O)N1CCN(c2nccs2)CC1. The second-order valence-corrected chi connectivity index (χ2v) is 7.31. The zero-order valence-electron chi connectivity index (χ0n) is 13.8. The number of hydrogen-bond acceptors (Lipinski definition) is 5. The first-order valence-electron chi connectivity index (χ1n) is 8.34. The summed E-state index contributed by atoms with van der Waals surface area (Å²) in [5.41, 5.74) is 0. The van der Waals surface area contributed by atoms with Gasteiger partial charge in [0.15, 0.2) is 5.13 Å². The van der Waals surface area contributed by atoms with Crippen molar-refractivity contribution < 1.29 is 9.59 Å². The smallest absolute Gasteiger partial charge is 0.312 e. The Morgan fingerprint density at radius 3 is 2.30 bits per heavy atom. The molecule has 6 nitrogen and oxygen atoms in total. The normalized spacial score (nSPS) is 25.6. The van der Waals surface area contributed by atoms with Crippen LogP contribution in [-0.2, 0) is 9.59 Å². The van der Waals surface area contributed by atoms with Gasteiger partial charge in [-0.3, -0.25) is 9.59 Å². The molecule has 2 fully saturated rings. The van der Waals surface area contributed by atoms with Crippen LogP contribution in [-0.4, -0.2) is 64.9 Å². The van der Waals surface area contributed by atoms with Crippen LogP contribution in [0.25, 0.3) is 0 Å². The predicted octanol–water partition coefficient (Wildman–Crippen LogP) is 1.58. The van der Waals surface area contributed by atoms with Gasteiger partial charge in [0, 0.05) is 49.8 Å². The van der Waals surface area contributed by atoms with Gasteiger partial charge in [-0.15, -0.1) is 11.3 Å². The Bertz CT molecular complexity index is 544. The Morgan fingerprint density at radius 2 is 1.74 bits per heavy atom. The summed E-state index contributed by atoms with van der Waals surface area (Å²) in [6, 6.07) is 0.318. The van der Waals surface area contributed by atoms with Crippen molar-refractivity contribution >= 4 is 28.3 Å². The number of piperidine rings is 1. The number of carbonyl (C=O) groups is 2. The van der Waals surface area contributed by atoms with Crippen molar-refractivity contribution in [1.82, 2.24) is 14.8 Å². The predicted molar refractivity (Wildman–Crippen MR) is 90.5 cm³/mol. The molecule has 3 rings (SSSR count). The zero-order chi connectivity index (χ0) is 16.4. The largest absolute Gasteiger partial charge is 0.345 e. The number of rotatable bonds is 1. The van der Waals surface area contributed by atoms with E-state index in [1.54, 1.807) is 27.3 Å². The molecule has 0 unspecified atom stereocenters. The standard InChI is InChI=1S/C16H24N4O2S/c1-12-4-3-5-13(2)20(12)15(22)14(21)18-7-9-19(10-8-18)16-17-6-11-23-16/h6,11-13H,3-5,7-10H2,1-2H3/t12-,13-/m0/s1. The van der Waals surface area contributed by atoms with Gasteiger partial charge in [0.25, 0.3) is 0 Å². The number of amides is 2. The first-order chi connectivity index (χ1) is 11.1. The van der Waals surface area contributed by atoms with Crippen LogP contribution in [0.3, 0.4) is 0 Å². The molecule has 2 amide bonds. The highest BCUT2D eigenvalue weighted by molar-refractivity contribution is 7.13. The van der Waals surface area contributed by atoms with Crippen LogP contribution in [0.4, 0.5) is 5.13 Å². The van der Waals surface area contributed by atoms with Crippen LogP contribution < -0.4 is 4.90 Å². The lowest BCUT2D eigenvalue weighted by atomic mass is 9.97. The molecular weight excluding hydrogens is 312 g/mol. The van der Waals surface area contributed by atoms with E-state index in [9.17, 15) is 9.59 Å². The third-order valence-corrected chi connectivity index (χ3v) is 5.70. The number of carbonyl (C=O) groups excluding carboxylic acids is 2. The minimum Gasteiger partial charge on any atom is -0.345 e. The van der Waals surface area contributed by atoms with Crippen LogP contribution >= 0.6 is 11.3 Å². The van der Waals surface area contributed by atoms with Crippen molar-refractivity contribution in [2.75, 3.05) is 31.1 Å². The summed E-state index contributed by atoms with van der Waals surface area (Å²) in [5, 5.41) is 2.94. The highest BCUT2D eigenvalue weighted by atomic mass is 32.1. The molecule has 2 atom stereocenters. The van der Waals surface area contributed by atoms with E-state index >= 15 is 0 Å². The van der Waals surface area contributed by atoms with E-state index < -0.39 is 0 Å². The van der Waals surface area contributed by atoms with Gasteiger partial charge >= 0.3 is 11.8 Å². The second kappa shape index (κ2) is 6.86. The quantitative estimate of drug-likeness (QED) is 0.731. The molecule has 0 spiro atoms. The Balaban J connectivity index is 1.59. The van der Waals surface area contributed by atoms with E-state index in [-0.39, 0.29) is 23.9 Å². The number of piperazine rings is 1. The summed E-state index contributed by atoms with van der Waals surface area (Å²) < 4.78 is 0. The van der Waals surface area contributed by atoms with Crippen LogP contribution in [0, 0.1) is 0 Å². The van der Waals surface area contributed by atoms with Gasteiger partial charge in [0.1, 0.15) is 0 Å². The number of thiazole rings is 1. The maximum atomic E-state index is 12.6. The molecule has 0 N–H and O–H groups in total. The summed E-state index contributed by atoms with van der Waals surface area (Å²) in [4.78, 5) is 35.2. The highest BCUT2D eigenvalue weighted by Gasteiger charge is 2.36. The van der Waals surface area contributed by atoms with Gasteiger partial charge < -0.3 is 14.7 Å². The van der Waals surface area contributed by atoms with E-state index in [0.29, 0.717) is 13.1 Å². The van der Waals surface area contributed by atoms with Crippen molar-refractivity contribution in [2.45, 2.75) is 45.2 Å². The van der Waals surface area contributed by atoms with Crippen molar-refractivity contribution in [3.8, 4) is 0 Å². The zero-order valence-corrected chi connectivity index (χ0v) is 14.6. The fourth-order valence-corrected chi connectivity index (χ4v) is 4.24. The van der Waals surface area contributed by atoms with Crippen molar-refractivity contribution in [2.24, 2.45) is 0 Å². The molecule has 0 saturated carbocycles. The van der Waals surface area contributed by atoms with Gasteiger partial charge in [0.2, 0.25) is 0 Å². The third kappa shape index (κ3) is 3.34. The van der Waals surface area contributed by atoms with Crippen LogP contribution in [0.5, 0.6) is 0 Å². The Kier molecular flexibility index (Phi) is 4.84. The lowest BCUT2D eigenvalue weighted by Crippen LogP contribution is -2.57. The minimum absolute atomic E-state index is 0.159. The van der Waals surface area contributed by atoms with Crippen molar-refractivity contribution in [3.63, 3.8) is 0 Å². The summed E-state index contributed by atoms with van der Waals surface area (Å²) in [6.45, 7) is 6.72. The van der Waals surface area contributed by atoms with Crippen LogP contribution in [0.15, 0.2) is 11.6 Å². The van der Waals surface area contributed by atoms with Crippen LogP contribution in [0.2, 0.25) is 0 Å². The molecule has 2 aliphatic rings. The van der Waals surface area contributed by atoms with E-state index in [2.05, 4.69) is 9.88 Å². The molecular formula is C16H24N4O2S. The topological polar surface area (TPSA) is 56.8 Å². The summed E-state index contributed by atoms with van der Waals surface area (Å²) in [6.07, 6.45) is 4.90. The van der Waals surface area contributed by atoms with E-state index in [1.165, 1.54) is 0 Å². The van der Waals surface area contributed by atoms with E-state index in [1.807, 2.05) is 19.2 Å². The maximum absolute atomic E-state index is 12.6. The third-order valence-electron chi connectivity index (χ3n) is 4.87. The van der Waals surface area contributed by atoms with Gasteiger partial charge in [-0.2, -0.15) is 0 Å². The number of aromatic nitrogens is 1. The average molecular weight is 336 g/mol. The van der Waals surface area contributed by atoms with Gasteiger partial charge in [-0.25, -0.2) is 4.98 Å². The molecule has 3 heterocycles. The van der Waals surface area contributed by atoms with Gasteiger partial charge in [-0.05, 0) is 33.1 Å². The second-order valence-electron chi connectivity index (χ2n) is 6.44. The summed E-state index contributed by atoms with van der Waals surface area (Å²) in [7, 11) is 0. The molecule has 0 aliphatic carbocycles. The number of anilines is 1. The van der Waals surface area contributed by atoms with Gasteiger partial charge in [-0.1, -0.05) is 0 Å². The van der Waals surface area contributed by atoms with E-state index in [4.69, 9.17) is 0 Å². The molecule has 1 aromatic rings. The fraction of sp³-hybridized carbons (Fsp3) is 0.688. The number of hydrogen-bond donors (Lipinski definition) is 0. The fourth-order valence-electron chi connectivity index (χ4n) is 3.54. The van der Waals surface area contributed by atoms with Crippen molar-refractivity contribution in [3.05, 3.63) is 11.6 Å². The van der Waals surface area contributed by atoms with Crippen molar-refractivity contribution in [1.29, 1.82) is 0 Å². The lowest BCUT2D eigenvalue weighted by molar-refractivity contribution is -0.155. The Hall–Kier alpha value is -1.63. The molecule has 2 saturated heterocycles. The first-order valence-corrected chi connectivity index (χ1v) is 9.22. The molecule has 0 bridgehead atoms. The molecule has 23 heavy (non-hydrogen) atoms. The highest BCUT2D eigenvalue weighted by Crippen LogP contribution is 2.24. The lowest BCUT2D eigenvalue weighted by Gasteiger charge is -2.40. The maximum Gasteiger partial charge on any atom is 0.312 e. The van der Waals surface area contributed by atoms with Gasteiger partial charge in [0.05, 0.1) is 0 Å². The molecule has 126 valence electrons. The number of nitrogens with zero attached hydrogens (tertiary/aromatic N) is 4. The molecule has 7 heteroatoms. The minimum atomic E-state index is -0.343. The molecule has 0 aromatic carbocycles. The monoisotopic (exact) mass is 336 g/mol.